The third kappa shape index (κ3) is 8.22. The molecule has 0 unspecified atom stereocenters. The Balaban J connectivity index is 1.79. The maximum absolute atomic E-state index is 12.2. The average molecular weight is 410 g/mol. The highest BCUT2D eigenvalue weighted by Crippen LogP contribution is 2.18. The van der Waals surface area contributed by atoms with Gasteiger partial charge < -0.3 is 20.1 Å². The first-order valence-corrected chi connectivity index (χ1v) is 8.75. The molecule has 0 fully saturated rings. The van der Waals surface area contributed by atoms with Crippen LogP contribution in [0.2, 0.25) is 0 Å². The molecule has 2 aromatic carbocycles. The molecule has 0 atom stereocenters. The molecule has 0 radical (unpaired) electrons. The van der Waals surface area contributed by atoms with E-state index in [1.807, 2.05) is 18.2 Å². The van der Waals surface area contributed by atoms with Crippen LogP contribution in [0.25, 0.3) is 0 Å². The number of ether oxygens (including phenoxy) is 2. The van der Waals surface area contributed by atoms with Gasteiger partial charge in [0, 0.05) is 11.3 Å². The van der Waals surface area contributed by atoms with Crippen molar-refractivity contribution in [3.63, 3.8) is 0 Å². The summed E-state index contributed by atoms with van der Waals surface area (Å²) < 4.78 is 47.3. The smallest absolute Gasteiger partial charge is 0.405 e. The monoisotopic (exact) mass is 410 g/mol. The van der Waals surface area contributed by atoms with Gasteiger partial charge in [0.1, 0.15) is 25.5 Å². The van der Waals surface area contributed by atoms with Crippen LogP contribution in [0, 0.1) is 6.92 Å². The molecule has 2 N–H and O–H groups in total. The second-order valence-corrected chi connectivity index (χ2v) is 6.09. The molecule has 0 aromatic heterocycles. The number of rotatable bonds is 9. The molecule has 2 rings (SSSR count). The lowest BCUT2D eigenvalue weighted by Gasteiger charge is -2.12. The number of aryl methyl sites for hydroxylation is 1. The highest BCUT2D eigenvalue weighted by molar-refractivity contribution is 5.98. The van der Waals surface area contributed by atoms with Crippen molar-refractivity contribution < 1.29 is 32.2 Å². The number of benzene rings is 2. The van der Waals surface area contributed by atoms with E-state index >= 15 is 0 Å². The van der Waals surface area contributed by atoms with E-state index in [2.05, 4.69) is 5.32 Å². The summed E-state index contributed by atoms with van der Waals surface area (Å²) in [6.07, 6.45) is -4.50. The Morgan fingerprint density at radius 1 is 1.03 bits per heavy atom. The molecule has 0 aliphatic carbocycles. The second-order valence-electron chi connectivity index (χ2n) is 6.09. The van der Waals surface area contributed by atoms with Gasteiger partial charge in [0.05, 0.1) is 6.61 Å². The summed E-state index contributed by atoms with van der Waals surface area (Å²) in [6.45, 7) is 0.496. The fourth-order valence-corrected chi connectivity index (χ4v) is 2.27. The summed E-state index contributed by atoms with van der Waals surface area (Å²) >= 11 is 0. The summed E-state index contributed by atoms with van der Waals surface area (Å²) in [6, 6.07) is 13.4. The van der Waals surface area contributed by atoms with Crippen molar-refractivity contribution in [2.75, 3.05) is 31.7 Å². The van der Waals surface area contributed by atoms with Gasteiger partial charge in [-0.2, -0.15) is 13.2 Å². The number of halogens is 3. The van der Waals surface area contributed by atoms with Crippen molar-refractivity contribution in [2.45, 2.75) is 13.1 Å². The SMILES string of the molecule is Cc1ccc(C(=O)NCC(F)(F)F)cc1NC(=O)COCCOc1ccccc1. The van der Waals surface area contributed by atoms with Crippen molar-refractivity contribution in [3.8, 4) is 5.75 Å². The molecular weight excluding hydrogens is 389 g/mol. The number of anilines is 1. The van der Waals surface area contributed by atoms with Crippen LogP contribution in [0.4, 0.5) is 18.9 Å². The molecule has 0 saturated carbocycles. The minimum absolute atomic E-state index is 0.00679. The van der Waals surface area contributed by atoms with Crippen molar-refractivity contribution in [2.24, 2.45) is 0 Å². The maximum atomic E-state index is 12.2. The molecule has 156 valence electrons. The van der Waals surface area contributed by atoms with E-state index in [9.17, 15) is 22.8 Å². The molecule has 0 aliphatic rings. The average Bonchev–Trinajstić information content (AvgIpc) is 2.68. The van der Waals surface area contributed by atoms with Crippen LogP contribution in [0.5, 0.6) is 5.75 Å². The summed E-state index contributed by atoms with van der Waals surface area (Å²) in [4.78, 5) is 23.8. The van der Waals surface area contributed by atoms with Crippen LogP contribution in [0.3, 0.4) is 0 Å². The Labute approximate surface area is 166 Å². The number of nitrogens with one attached hydrogen (secondary N) is 2. The summed E-state index contributed by atoms with van der Waals surface area (Å²) in [7, 11) is 0. The number of hydrogen-bond donors (Lipinski definition) is 2. The number of amides is 2. The predicted molar refractivity (Wildman–Crippen MR) is 101 cm³/mol. The summed E-state index contributed by atoms with van der Waals surface area (Å²) in [5.41, 5.74) is 0.976. The predicted octanol–water partition coefficient (Wildman–Crippen LogP) is 3.32. The molecule has 2 amide bonds. The fraction of sp³-hybridized carbons (Fsp3) is 0.300. The van der Waals surface area contributed by atoms with E-state index < -0.39 is 24.5 Å². The minimum atomic E-state index is -4.50. The third-order valence-electron chi connectivity index (χ3n) is 3.70. The topological polar surface area (TPSA) is 76.7 Å². The lowest BCUT2D eigenvalue weighted by Crippen LogP contribution is -2.33. The molecule has 2 aromatic rings. The molecular formula is C20H21F3N2O4. The molecule has 0 bridgehead atoms. The largest absolute Gasteiger partial charge is 0.491 e. The summed E-state index contributed by atoms with van der Waals surface area (Å²) in [5, 5.41) is 4.36. The van der Waals surface area contributed by atoms with Crippen molar-refractivity contribution >= 4 is 17.5 Å². The molecule has 6 nitrogen and oxygen atoms in total. The van der Waals surface area contributed by atoms with Gasteiger partial charge in [-0.1, -0.05) is 24.3 Å². The molecule has 0 aliphatic heterocycles. The number of hydrogen-bond acceptors (Lipinski definition) is 4. The first-order valence-electron chi connectivity index (χ1n) is 8.75. The van der Waals surface area contributed by atoms with Gasteiger partial charge in [0.25, 0.3) is 5.91 Å². The minimum Gasteiger partial charge on any atom is -0.491 e. The standard InChI is InChI=1S/C20H21F3N2O4/c1-14-7-8-15(19(27)24-13-20(21,22)23)11-17(14)25-18(26)12-28-9-10-29-16-5-3-2-4-6-16/h2-8,11H,9-10,12-13H2,1H3,(H,24,27)(H,25,26). The van der Waals surface area contributed by atoms with E-state index in [0.717, 1.165) is 0 Å². The van der Waals surface area contributed by atoms with Gasteiger partial charge in [-0.25, -0.2) is 0 Å². The zero-order chi connectivity index (χ0) is 21.3. The first-order chi connectivity index (χ1) is 13.7. The number of carbonyl (C=O) groups excluding carboxylic acids is 2. The van der Waals surface area contributed by atoms with Crippen LogP contribution in [0.15, 0.2) is 48.5 Å². The number of alkyl halides is 3. The number of para-hydroxylation sites is 1. The zero-order valence-electron chi connectivity index (χ0n) is 15.7. The van der Waals surface area contributed by atoms with Crippen LogP contribution in [-0.4, -0.2) is 44.4 Å². The normalized spacial score (nSPS) is 11.0. The highest BCUT2D eigenvalue weighted by Gasteiger charge is 2.28. The van der Waals surface area contributed by atoms with Gasteiger partial charge in [-0.15, -0.1) is 0 Å². The Morgan fingerprint density at radius 3 is 2.45 bits per heavy atom. The van der Waals surface area contributed by atoms with Crippen LogP contribution >= 0.6 is 0 Å². The van der Waals surface area contributed by atoms with Crippen molar-refractivity contribution in [1.29, 1.82) is 0 Å². The van der Waals surface area contributed by atoms with Crippen LogP contribution < -0.4 is 15.4 Å². The highest BCUT2D eigenvalue weighted by atomic mass is 19.4. The third-order valence-corrected chi connectivity index (χ3v) is 3.70. The van der Waals surface area contributed by atoms with Crippen molar-refractivity contribution in [3.05, 3.63) is 59.7 Å². The van der Waals surface area contributed by atoms with Crippen molar-refractivity contribution in [1.82, 2.24) is 5.32 Å². The maximum Gasteiger partial charge on any atom is 0.405 e. The van der Waals surface area contributed by atoms with E-state index in [1.165, 1.54) is 18.2 Å². The first kappa shape index (κ1) is 22.2. The van der Waals surface area contributed by atoms with E-state index in [1.54, 1.807) is 24.4 Å². The quantitative estimate of drug-likeness (QED) is 0.622. The van der Waals surface area contributed by atoms with Gasteiger partial charge in [-0.05, 0) is 36.8 Å². The molecule has 29 heavy (non-hydrogen) atoms. The Hall–Kier alpha value is -3.07. The Morgan fingerprint density at radius 2 is 1.76 bits per heavy atom. The van der Waals surface area contributed by atoms with Crippen LogP contribution in [0.1, 0.15) is 15.9 Å². The van der Waals surface area contributed by atoms with E-state index in [-0.39, 0.29) is 25.4 Å². The van der Waals surface area contributed by atoms with Gasteiger partial charge in [-0.3, -0.25) is 9.59 Å². The number of carbonyl (C=O) groups is 2. The second kappa shape index (κ2) is 10.5. The Bertz CT molecular complexity index is 826. The fourth-order valence-electron chi connectivity index (χ4n) is 2.27. The molecule has 0 heterocycles. The van der Waals surface area contributed by atoms with Gasteiger partial charge >= 0.3 is 6.18 Å². The van der Waals surface area contributed by atoms with Gasteiger partial charge in [0.2, 0.25) is 5.91 Å². The molecule has 0 spiro atoms. The van der Waals surface area contributed by atoms with Gasteiger partial charge in [0.15, 0.2) is 0 Å². The van der Waals surface area contributed by atoms with E-state index in [4.69, 9.17) is 9.47 Å². The Kier molecular flexibility index (Phi) is 8.02. The zero-order valence-corrected chi connectivity index (χ0v) is 15.7. The molecule has 9 heteroatoms. The van der Waals surface area contributed by atoms with E-state index in [0.29, 0.717) is 17.0 Å². The lowest BCUT2D eigenvalue weighted by atomic mass is 10.1. The summed E-state index contributed by atoms with van der Waals surface area (Å²) in [5.74, 6) is -0.649. The van der Waals surface area contributed by atoms with Crippen LogP contribution in [-0.2, 0) is 9.53 Å². The lowest BCUT2D eigenvalue weighted by molar-refractivity contribution is -0.123. The molecule has 0 saturated heterocycles.